The second-order valence-corrected chi connectivity index (χ2v) is 9.94. The van der Waals surface area contributed by atoms with Gasteiger partial charge in [0.25, 0.3) is 0 Å². The van der Waals surface area contributed by atoms with Crippen molar-refractivity contribution in [1.29, 1.82) is 0 Å². The molecule has 0 radical (unpaired) electrons. The van der Waals surface area contributed by atoms with Gasteiger partial charge in [-0.25, -0.2) is 9.97 Å². The Labute approximate surface area is 201 Å². The molecule has 5 rings (SSSR count). The van der Waals surface area contributed by atoms with E-state index in [1.54, 1.807) is 0 Å². The van der Waals surface area contributed by atoms with Crippen molar-refractivity contribution in [3.8, 4) is 0 Å². The summed E-state index contributed by atoms with van der Waals surface area (Å²) >= 11 is 0. The third kappa shape index (κ3) is 4.76. The van der Waals surface area contributed by atoms with Gasteiger partial charge in [-0.05, 0) is 29.5 Å². The first-order valence-corrected chi connectivity index (χ1v) is 12.3. The van der Waals surface area contributed by atoms with Crippen molar-refractivity contribution in [3.63, 3.8) is 0 Å². The first kappa shape index (κ1) is 22.7. The van der Waals surface area contributed by atoms with Gasteiger partial charge in [0.05, 0.1) is 18.2 Å². The Morgan fingerprint density at radius 3 is 2.53 bits per heavy atom. The zero-order valence-electron chi connectivity index (χ0n) is 20.2. The van der Waals surface area contributed by atoms with Crippen LogP contribution in [0.4, 0.5) is 5.82 Å². The summed E-state index contributed by atoms with van der Waals surface area (Å²) < 4.78 is 0. The third-order valence-corrected chi connectivity index (χ3v) is 7.02. The van der Waals surface area contributed by atoms with Gasteiger partial charge in [-0.3, -0.25) is 14.6 Å². The minimum atomic E-state index is -0.371. The van der Waals surface area contributed by atoms with E-state index in [0.717, 1.165) is 48.7 Å². The molecule has 2 bridgehead atoms. The van der Waals surface area contributed by atoms with Crippen LogP contribution in [0.15, 0.2) is 54.6 Å². The zero-order valence-corrected chi connectivity index (χ0v) is 20.2. The number of hydrogen-bond donors (Lipinski definition) is 2. The van der Waals surface area contributed by atoms with Crippen LogP contribution in [0.25, 0.3) is 10.9 Å². The SMILES string of the molecule is CC(CN1CCN2Cc3nc(c4ccccc4n3)N[C@@H](C(C)C)C(=O)NC2C1)c1ccccc1. The van der Waals surface area contributed by atoms with Crippen LogP contribution < -0.4 is 10.6 Å². The normalized spacial score (nSPS) is 22.6. The summed E-state index contributed by atoms with van der Waals surface area (Å²) in [4.78, 5) is 28.0. The van der Waals surface area contributed by atoms with Crippen molar-refractivity contribution < 1.29 is 4.79 Å². The highest BCUT2D eigenvalue weighted by Gasteiger charge is 2.34. The molecule has 2 aliphatic heterocycles. The van der Waals surface area contributed by atoms with Gasteiger partial charge in [0, 0.05) is 31.6 Å². The molecule has 1 saturated heterocycles. The van der Waals surface area contributed by atoms with Crippen molar-refractivity contribution in [3.05, 3.63) is 66.0 Å². The molecule has 2 unspecified atom stereocenters. The lowest BCUT2D eigenvalue weighted by Crippen LogP contribution is -2.62. The van der Waals surface area contributed by atoms with E-state index >= 15 is 0 Å². The van der Waals surface area contributed by atoms with E-state index < -0.39 is 0 Å². The Kier molecular flexibility index (Phi) is 6.48. The monoisotopic (exact) mass is 458 g/mol. The summed E-state index contributed by atoms with van der Waals surface area (Å²) in [5.41, 5.74) is 2.26. The number of hydrogen-bond acceptors (Lipinski definition) is 6. The molecule has 3 atom stereocenters. The van der Waals surface area contributed by atoms with Crippen molar-refractivity contribution in [2.45, 2.75) is 45.4 Å². The number of piperazine rings is 1. The molecule has 3 aromatic rings. The Morgan fingerprint density at radius 2 is 1.74 bits per heavy atom. The molecule has 1 fully saturated rings. The number of carbonyl (C=O) groups is 1. The van der Waals surface area contributed by atoms with Crippen LogP contribution in [-0.4, -0.2) is 64.1 Å². The molecule has 0 saturated carbocycles. The number of benzene rings is 2. The molecule has 1 aromatic heterocycles. The van der Waals surface area contributed by atoms with Crippen molar-refractivity contribution >= 4 is 22.6 Å². The number of para-hydroxylation sites is 1. The predicted octanol–water partition coefficient (Wildman–Crippen LogP) is 3.44. The number of nitrogens with zero attached hydrogens (tertiary/aromatic N) is 4. The van der Waals surface area contributed by atoms with E-state index in [2.05, 4.69) is 71.5 Å². The highest BCUT2D eigenvalue weighted by molar-refractivity contribution is 5.92. The molecule has 34 heavy (non-hydrogen) atoms. The zero-order chi connectivity index (χ0) is 23.7. The van der Waals surface area contributed by atoms with Crippen LogP contribution in [0, 0.1) is 5.92 Å². The minimum Gasteiger partial charge on any atom is -0.358 e. The average Bonchev–Trinajstić information content (AvgIpc) is 2.84. The lowest BCUT2D eigenvalue weighted by molar-refractivity contribution is -0.125. The highest BCUT2D eigenvalue weighted by atomic mass is 16.2. The number of rotatable bonds is 4. The standard InChI is InChI=1S/C27H34N6O/c1-18(2)25-27(34)30-24-17-32(15-19(3)20-9-5-4-6-10-20)13-14-33(24)16-23-28-22-12-8-7-11-21(22)26(29-23)31-25/h4-12,18-19,24-25H,13-17H2,1-3H3,(H,30,34)(H,28,29,31)/t19?,24?,25-/m0/s1. The third-order valence-electron chi connectivity index (χ3n) is 7.02. The summed E-state index contributed by atoms with van der Waals surface area (Å²) in [7, 11) is 0. The molecule has 2 aromatic carbocycles. The first-order chi connectivity index (χ1) is 16.5. The summed E-state index contributed by atoms with van der Waals surface area (Å²) in [6.07, 6.45) is -0.0797. The van der Waals surface area contributed by atoms with Gasteiger partial charge in [0.2, 0.25) is 5.91 Å². The Bertz CT molecular complexity index is 1150. The van der Waals surface area contributed by atoms with Gasteiger partial charge in [-0.1, -0.05) is 63.2 Å². The second kappa shape index (κ2) is 9.68. The lowest BCUT2D eigenvalue weighted by Gasteiger charge is -2.43. The molecular weight excluding hydrogens is 424 g/mol. The van der Waals surface area contributed by atoms with Crippen LogP contribution in [0.1, 0.15) is 38.1 Å². The minimum absolute atomic E-state index is 0.0223. The summed E-state index contributed by atoms with van der Waals surface area (Å²) in [5, 5.41) is 7.74. The maximum absolute atomic E-state index is 13.4. The van der Waals surface area contributed by atoms with Gasteiger partial charge >= 0.3 is 0 Å². The molecule has 178 valence electrons. The van der Waals surface area contributed by atoms with Gasteiger partial charge in [0.1, 0.15) is 17.7 Å². The molecule has 3 heterocycles. The average molecular weight is 459 g/mol. The smallest absolute Gasteiger partial charge is 0.244 e. The summed E-state index contributed by atoms with van der Waals surface area (Å²) in [6.45, 7) is 10.6. The first-order valence-electron chi connectivity index (χ1n) is 12.3. The van der Waals surface area contributed by atoms with Gasteiger partial charge in [-0.15, -0.1) is 0 Å². The molecular formula is C27H34N6O. The maximum Gasteiger partial charge on any atom is 0.244 e. The number of nitrogens with one attached hydrogen (secondary N) is 2. The Balaban J connectivity index is 1.42. The van der Waals surface area contributed by atoms with Crippen LogP contribution >= 0.6 is 0 Å². The number of amides is 1. The van der Waals surface area contributed by atoms with Crippen LogP contribution in [0.2, 0.25) is 0 Å². The number of fused-ring (bicyclic) bond motifs is 5. The van der Waals surface area contributed by atoms with Gasteiger partial charge in [0.15, 0.2) is 0 Å². The molecule has 0 spiro atoms. The van der Waals surface area contributed by atoms with Gasteiger partial charge < -0.3 is 10.6 Å². The van der Waals surface area contributed by atoms with E-state index in [4.69, 9.17) is 9.97 Å². The molecule has 7 heteroatoms. The topological polar surface area (TPSA) is 73.4 Å². The second-order valence-electron chi connectivity index (χ2n) is 9.94. The summed E-state index contributed by atoms with van der Waals surface area (Å²) in [5.74, 6) is 2.09. The van der Waals surface area contributed by atoms with E-state index in [9.17, 15) is 4.79 Å². The fourth-order valence-electron chi connectivity index (χ4n) is 5.07. The van der Waals surface area contributed by atoms with Crippen LogP contribution in [0.5, 0.6) is 0 Å². The van der Waals surface area contributed by atoms with E-state index in [-0.39, 0.29) is 24.0 Å². The predicted molar refractivity (Wildman–Crippen MR) is 135 cm³/mol. The van der Waals surface area contributed by atoms with Crippen molar-refractivity contribution in [1.82, 2.24) is 25.1 Å². The fourth-order valence-corrected chi connectivity index (χ4v) is 5.07. The quantitative estimate of drug-likeness (QED) is 0.624. The van der Waals surface area contributed by atoms with Gasteiger partial charge in [-0.2, -0.15) is 0 Å². The van der Waals surface area contributed by atoms with E-state index in [1.165, 1.54) is 5.56 Å². The highest BCUT2D eigenvalue weighted by Crippen LogP contribution is 2.25. The van der Waals surface area contributed by atoms with Crippen LogP contribution in [0.3, 0.4) is 0 Å². The van der Waals surface area contributed by atoms with E-state index in [0.29, 0.717) is 12.5 Å². The Morgan fingerprint density at radius 1 is 0.971 bits per heavy atom. The van der Waals surface area contributed by atoms with Crippen molar-refractivity contribution in [2.24, 2.45) is 5.92 Å². The van der Waals surface area contributed by atoms with E-state index in [1.807, 2.05) is 24.3 Å². The summed E-state index contributed by atoms with van der Waals surface area (Å²) in [6, 6.07) is 18.3. The number of carbonyl (C=O) groups excluding carboxylic acids is 1. The Hall–Kier alpha value is -3.03. The largest absolute Gasteiger partial charge is 0.358 e. The lowest BCUT2D eigenvalue weighted by atomic mass is 10.00. The molecule has 7 nitrogen and oxygen atoms in total. The molecule has 2 aliphatic rings. The maximum atomic E-state index is 13.4. The molecule has 2 N–H and O–H groups in total. The van der Waals surface area contributed by atoms with Crippen LogP contribution in [-0.2, 0) is 11.3 Å². The fraction of sp³-hybridized carbons (Fsp3) is 0.444. The molecule has 1 amide bonds. The van der Waals surface area contributed by atoms with Crippen molar-refractivity contribution in [2.75, 3.05) is 31.5 Å². The number of anilines is 1. The number of aromatic nitrogens is 2. The molecule has 0 aliphatic carbocycles.